The van der Waals surface area contributed by atoms with Crippen molar-refractivity contribution in [2.24, 2.45) is 5.92 Å². The Morgan fingerprint density at radius 3 is 2.58 bits per heavy atom. The van der Waals surface area contributed by atoms with E-state index in [1.165, 1.54) is 0 Å². The smallest absolute Gasteiger partial charge is 0.158 e. The SMILES string of the molecule is CCOCc1nc(NC)cc(NC(C)C(C)CO)n1. The average Bonchev–Trinajstić information content (AvgIpc) is 2.43. The molecule has 2 unspecified atom stereocenters. The van der Waals surface area contributed by atoms with Crippen molar-refractivity contribution < 1.29 is 9.84 Å². The Morgan fingerprint density at radius 2 is 2.00 bits per heavy atom. The summed E-state index contributed by atoms with van der Waals surface area (Å²) in [6.45, 7) is 7.11. The minimum atomic E-state index is 0.129. The van der Waals surface area contributed by atoms with Gasteiger partial charge in [-0.2, -0.15) is 0 Å². The number of anilines is 2. The van der Waals surface area contributed by atoms with Crippen molar-refractivity contribution in [3.05, 3.63) is 11.9 Å². The number of aliphatic hydroxyl groups excluding tert-OH is 1. The molecule has 0 aliphatic carbocycles. The van der Waals surface area contributed by atoms with Crippen LogP contribution in [0.1, 0.15) is 26.6 Å². The maximum absolute atomic E-state index is 9.15. The van der Waals surface area contributed by atoms with Crippen LogP contribution in [0.4, 0.5) is 11.6 Å². The number of nitrogens with one attached hydrogen (secondary N) is 2. The monoisotopic (exact) mass is 268 g/mol. The van der Waals surface area contributed by atoms with Crippen LogP contribution in [0.3, 0.4) is 0 Å². The van der Waals surface area contributed by atoms with Crippen LogP contribution in [0, 0.1) is 5.92 Å². The van der Waals surface area contributed by atoms with Crippen LogP contribution < -0.4 is 10.6 Å². The molecule has 1 aromatic heterocycles. The van der Waals surface area contributed by atoms with Crippen molar-refractivity contribution >= 4 is 11.6 Å². The summed E-state index contributed by atoms with van der Waals surface area (Å²) in [6, 6.07) is 1.97. The molecular weight excluding hydrogens is 244 g/mol. The van der Waals surface area contributed by atoms with Crippen molar-refractivity contribution in [3.63, 3.8) is 0 Å². The Morgan fingerprint density at radius 1 is 1.32 bits per heavy atom. The lowest BCUT2D eigenvalue weighted by Gasteiger charge is -2.20. The Labute approximate surface area is 114 Å². The topological polar surface area (TPSA) is 79.3 Å². The van der Waals surface area contributed by atoms with Gasteiger partial charge in [0.1, 0.15) is 18.2 Å². The molecule has 108 valence electrons. The fourth-order valence-corrected chi connectivity index (χ4v) is 1.49. The average molecular weight is 268 g/mol. The fourth-order valence-electron chi connectivity index (χ4n) is 1.49. The Kier molecular flexibility index (Phi) is 6.52. The Bertz CT molecular complexity index is 387. The van der Waals surface area contributed by atoms with Crippen molar-refractivity contribution in [1.82, 2.24) is 9.97 Å². The number of ether oxygens (including phenoxy) is 1. The molecule has 0 amide bonds. The van der Waals surface area contributed by atoms with E-state index < -0.39 is 0 Å². The van der Waals surface area contributed by atoms with Crippen molar-refractivity contribution in [2.45, 2.75) is 33.4 Å². The molecule has 2 atom stereocenters. The van der Waals surface area contributed by atoms with E-state index in [0.29, 0.717) is 19.0 Å². The van der Waals surface area contributed by atoms with Gasteiger partial charge in [-0.05, 0) is 19.8 Å². The summed E-state index contributed by atoms with van der Waals surface area (Å²) in [4.78, 5) is 8.73. The molecule has 0 radical (unpaired) electrons. The number of nitrogens with zero attached hydrogens (tertiary/aromatic N) is 2. The first-order valence-electron chi connectivity index (χ1n) is 6.61. The van der Waals surface area contributed by atoms with Crippen molar-refractivity contribution in [1.29, 1.82) is 0 Å². The number of aliphatic hydroxyl groups is 1. The second-order valence-electron chi connectivity index (χ2n) is 4.53. The molecule has 6 heteroatoms. The fraction of sp³-hybridized carbons (Fsp3) is 0.692. The Balaban J connectivity index is 2.81. The van der Waals surface area contributed by atoms with Gasteiger partial charge in [-0.1, -0.05) is 6.92 Å². The maximum atomic E-state index is 9.15. The summed E-state index contributed by atoms with van der Waals surface area (Å²) in [6.07, 6.45) is 0. The molecule has 1 heterocycles. The first-order valence-corrected chi connectivity index (χ1v) is 6.61. The van der Waals surface area contributed by atoms with Gasteiger partial charge in [-0.25, -0.2) is 9.97 Å². The molecular formula is C13H24N4O2. The van der Waals surface area contributed by atoms with E-state index in [0.717, 1.165) is 11.6 Å². The molecule has 0 saturated heterocycles. The highest BCUT2D eigenvalue weighted by Gasteiger charge is 2.12. The molecule has 0 spiro atoms. The van der Waals surface area contributed by atoms with Gasteiger partial charge in [0.15, 0.2) is 5.82 Å². The number of aromatic nitrogens is 2. The van der Waals surface area contributed by atoms with Crippen LogP contribution in [-0.2, 0) is 11.3 Å². The van der Waals surface area contributed by atoms with Gasteiger partial charge >= 0.3 is 0 Å². The quantitative estimate of drug-likeness (QED) is 0.663. The van der Waals surface area contributed by atoms with Gasteiger partial charge < -0.3 is 20.5 Å². The van der Waals surface area contributed by atoms with E-state index >= 15 is 0 Å². The lowest BCUT2D eigenvalue weighted by Crippen LogP contribution is -2.27. The van der Waals surface area contributed by atoms with E-state index in [1.807, 2.05) is 33.9 Å². The first kappa shape index (κ1) is 15.7. The summed E-state index contributed by atoms with van der Waals surface area (Å²) in [5, 5.41) is 15.4. The second kappa shape index (κ2) is 7.91. The van der Waals surface area contributed by atoms with Crippen LogP contribution in [0.15, 0.2) is 6.07 Å². The molecule has 3 N–H and O–H groups in total. The third-order valence-electron chi connectivity index (χ3n) is 2.98. The largest absolute Gasteiger partial charge is 0.396 e. The highest BCUT2D eigenvalue weighted by Crippen LogP contribution is 2.15. The molecule has 0 fully saturated rings. The molecule has 1 rings (SSSR count). The van der Waals surface area contributed by atoms with Gasteiger partial charge in [0.2, 0.25) is 0 Å². The predicted octanol–water partition coefficient (Wildman–Crippen LogP) is 1.48. The molecule has 19 heavy (non-hydrogen) atoms. The Hall–Kier alpha value is -1.40. The zero-order chi connectivity index (χ0) is 14.3. The van der Waals surface area contributed by atoms with Crippen LogP contribution in [0.25, 0.3) is 0 Å². The third-order valence-corrected chi connectivity index (χ3v) is 2.98. The lowest BCUT2D eigenvalue weighted by molar-refractivity contribution is 0.128. The van der Waals surface area contributed by atoms with E-state index in [4.69, 9.17) is 9.84 Å². The van der Waals surface area contributed by atoms with Crippen LogP contribution >= 0.6 is 0 Å². The number of hydrogen-bond donors (Lipinski definition) is 3. The molecule has 6 nitrogen and oxygen atoms in total. The first-order chi connectivity index (χ1) is 9.10. The molecule has 0 bridgehead atoms. The van der Waals surface area contributed by atoms with Gasteiger partial charge in [0, 0.05) is 32.4 Å². The van der Waals surface area contributed by atoms with Crippen LogP contribution in [-0.4, -0.2) is 41.4 Å². The van der Waals surface area contributed by atoms with E-state index in [1.54, 1.807) is 0 Å². The summed E-state index contributed by atoms with van der Waals surface area (Å²) < 4.78 is 5.33. The third kappa shape index (κ3) is 5.00. The summed E-state index contributed by atoms with van der Waals surface area (Å²) in [5.41, 5.74) is 0. The van der Waals surface area contributed by atoms with E-state index in [-0.39, 0.29) is 18.6 Å². The van der Waals surface area contributed by atoms with E-state index in [9.17, 15) is 0 Å². The predicted molar refractivity (Wildman–Crippen MR) is 76.2 cm³/mol. The molecule has 0 aliphatic heterocycles. The van der Waals surface area contributed by atoms with Gasteiger partial charge in [-0.15, -0.1) is 0 Å². The molecule has 0 aromatic carbocycles. The highest BCUT2D eigenvalue weighted by atomic mass is 16.5. The minimum Gasteiger partial charge on any atom is -0.396 e. The molecule has 0 saturated carbocycles. The maximum Gasteiger partial charge on any atom is 0.158 e. The van der Waals surface area contributed by atoms with Crippen molar-refractivity contribution in [2.75, 3.05) is 30.9 Å². The zero-order valence-corrected chi connectivity index (χ0v) is 12.1. The summed E-state index contributed by atoms with van der Waals surface area (Å²) >= 11 is 0. The lowest BCUT2D eigenvalue weighted by atomic mass is 10.1. The van der Waals surface area contributed by atoms with Crippen molar-refractivity contribution in [3.8, 4) is 0 Å². The van der Waals surface area contributed by atoms with Gasteiger partial charge in [0.05, 0.1) is 0 Å². The minimum absolute atomic E-state index is 0.129. The summed E-state index contributed by atoms with van der Waals surface area (Å²) in [5.74, 6) is 2.28. The number of rotatable bonds is 8. The highest BCUT2D eigenvalue weighted by molar-refractivity contribution is 5.47. The number of hydrogen-bond acceptors (Lipinski definition) is 6. The zero-order valence-electron chi connectivity index (χ0n) is 12.1. The van der Waals surface area contributed by atoms with Gasteiger partial charge in [0.25, 0.3) is 0 Å². The van der Waals surface area contributed by atoms with Crippen LogP contribution in [0.5, 0.6) is 0 Å². The normalized spacial score (nSPS) is 13.9. The second-order valence-corrected chi connectivity index (χ2v) is 4.53. The molecule has 0 aliphatic rings. The van der Waals surface area contributed by atoms with Crippen LogP contribution in [0.2, 0.25) is 0 Å². The van der Waals surface area contributed by atoms with Gasteiger partial charge in [-0.3, -0.25) is 0 Å². The standard InChI is InChI=1S/C13H24N4O2/c1-5-19-8-13-16-11(14-4)6-12(17-13)15-10(3)9(2)7-18/h6,9-10,18H,5,7-8H2,1-4H3,(H2,14,15,16,17). The summed E-state index contributed by atoms with van der Waals surface area (Å²) in [7, 11) is 1.82. The molecule has 1 aromatic rings. The van der Waals surface area contributed by atoms with E-state index in [2.05, 4.69) is 20.6 Å².